The molecule has 0 spiro atoms. The van der Waals surface area contributed by atoms with Crippen LogP contribution in [0.2, 0.25) is 10.0 Å². The number of hydrogen-bond donors (Lipinski definition) is 1. The van der Waals surface area contributed by atoms with E-state index in [9.17, 15) is 4.79 Å². The molecule has 0 bridgehead atoms. The molecule has 5 nitrogen and oxygen atoms in total. The normalized spacial score (nSPS) is 12.0. The third-order valence-corrected chi connectivity index (χ3v) is 6.12. The molecule has 0 saturated heterocycles. The summed E-state index contributed by atoms with van der Waals surface area (Å²) in [6.45, 7) is 6.05. The number of amides is 1. The Morgan fingerprint density at radius 1 is 1.14 bits per heavy atom. The smallest absolute Gasteiger partial charge is 0.230 e. The molecular weight excluding hydrogens is 427 g/mol. The fourth-order valence-electron chi connectivity index (χ4n) is 2.66. The van der Waals surface area contributed by atoms with Crippen molar-refractivity contribution in [3.8, 4) is 17.1 Å². The van der Waals surface area contributed by atoms with Crippen LogP contribution in [0.4, 0.5) is 0 Å². The first-order chi connectivity index (χ1) is 13.9. The lowest BCUT2D eigenvalue weighted by molar-refractivity contribution is -0.119. The quantitative estimate of drug-likeness (QED) is 0.480. The maximum Gasteiger partial charge on any atom is 0.230 e. The van der Waals surface area contributed by atoms with Crippen LogP contribution in [-0.4, -0.2) is 32.5 Å². The Morgan fingerprint density at radius 3 is 2.52 bits per heavy atom. The van der Waals surface area contributed by atoms with Gasteiger partial charge in [0.1, 0.15) is 0 Å². The highest BCUT2D eigenvalue weighted by Crippen LogP contribution is 2.31. The molecule has 0 aliphatic rings. The van der Waals surface area contributed by atoms with Gasteiger partial charge in [-0.05, 0) is 38.5 Å². The summed E-state index contributed by atoms with van der Waals surface area (Å²) in [5.41, 5.74) is 2.86. The average Bonchev–Trinajstić information content (AvgIpc) is 3.13. The van der Waals surface area contributed by atoms with Crippen LogP contribution in [0.15, 0.2) is 47.6 Å². The summed E-state index contributed by atoms with van der Waals surface area (Å²) in [6, 6.07) is 13.5. The second-order valence-corrected chi connectivity index (χ2v) is 8.53. The zero-order valence-electron chi connectivity index (χ0n) is 16.4. The lowest BCUT2D eigenvalue weighted by Gasteiger charge is -2.13. The zero-order chi connectivity index (χ0) is 21.0. The van der Waals surface area contributed by atoms with Gasteiger partial charge in [0, 0.05) is 11.6 Å². The number of thioether (sulfide) groups is 1. The van der Waals surface area contributed by atoms with Crippen molar-refractivity contribution in [1.29, 1.82) is 0 Å². The van der Waals surface area contributed by atoms with Gasteiger partial charge in [0.2, 0.25) is 5.91 Å². The number of rotatable bonds is 7. The van der Waals surface area contributed by atoms with Crippen molar-refractivity contribution in [3.05, 3.63) is 58.1 Å². The van der Waals surface area contributed by atoms with Gasteiger partial charge in [-0.3, -0.25) is 9.36 Å². The minimum absolute atomic E-state index is 0.0371. The highest BCUT2D eigenvalue weighted by atomic mass is 35.5. The number of carbonyl (C=O) groups excluding carboxylic acids is 1. The molecule has 1 N–H and O–H groups in total. The minimum Gasteiger partial charge on any atom is -0.353 e. The van der Waals surface area contributed by atoms with Gasteiger partial charge in [0.15, 0.2) is 11.0 Å². The summed E-state index contributed by atoms with van der Waals surface area (Å²) < 4.78 is 1.90. The topological polar surface area (TPSA) is 59.8 Å². The lowest BCUT2D eigenvalue weighted by Crippen LogP contribution is -2.33. The second kappa shape index (κ2) is 9.65. The van der Waals surface area contributed by atoms with Gasteiger partial charge in [-0.15, -0.1) is 10.2 Å². The van der Waals surface area contributed by atoms with Gasteiger partial charge in [-0.1, -0.05) is 71.7 Å². The Morgan fingerprint density at radius 2 is 1.86 bits per heavy atom. The lowest BCUT2D eigenvalue weighted by atomic mass is 10.1. The van der Waals surface area contributed by atoms with Crippen molar-refractivity contribution in [1.82, 2.24) is 20.1 Å². The maximum absolute atomic E-state index is 12.2. The molecule has 3 aromatic rings. The molecule has 1 aromatic heterocycles. The van der Waals surface area contributed by atoms with Crippen LogP contribution in [0, 0.1) is 6.92 Å². The van der Waals surface area contributed by atoms with Gasteiger partial charge >= 0.3 is 0 Å². The summed E-state index contributed by atoms with van der Waals surface area (Å²) >= 11 is 13.7. The molecule has 0 fully saturated rings. The first kappa shape index (κ1) is 21.7. The molecule has 0 saturated carbocycles. The number of nitrogens with zero attached hydrogens (tertiary/aromatic N) is 3. The van der Waals surface area contributed by atoms with Gasteiger partial charge in [0.25, 0.3) is 0 Å². The van der Waals surface area contributed by atoms with E-state index in [2.05, 4.69) is 15.5 Å². The maximum atomic E-state index is 12.2. The number of benzene rings is 2. The molecule has 1 unspecified atom stereocenters. The molecule has 1 atom stereocenters. The number of aromatic nitrogens is 3. The highest BCUT2D eigenvalue weighted by Gasteiger charge is 2.18. The molecule has 2 aromatic carbocycles. The third-order valence-electron chi connectivity index (χ3n) is 4.46. The van der Waals surface area contributed by atoms with Crippen molar-refractivity contribution < 1.29 is 4.79 Å². The predicted octanol–water partition coefficient (Wildman–Crippen LogP) is 5.56. The molecule has 1 heterocycles. The molecule has 29 heavy (non-hydrogen) atoms. The molecule has 0 radical (unpaired) electrons. The number of halogens is 2. The molecule has 3 rings (SSSR count). The van der Waals surface area contributed by atoms with Crippen molar-refractivity contribution in [3.63, 3.8) is 0 Å². The van der Waals surface area contributed by atoms with E-state index in [1.54, 1.807) is 12.1 Å². The van der Waals surface area contributed by atoms with E-state index in [1.807, 2.05) is 55.7 Å². The SMILES string of the molecule is CCC(C)NC(=O)CSc1nnc(-c2ccc(C)cc2)n1-c1ccc(Cl)c(Cl)c1. The van der Waals surface area contributed by atoms with Crippen LogP contribution >= 0.6 is 35.0 Å². The summed E-state index contributed by atoms with van der Waals surface area (Å²) in [7, 11) is 0. The van der Waals surface area contributed by atoms with E-state index >= 15 is 0 Å². The monoisotopic (exact) mass is 448 g/mol. The minimum atomic E-state index is -0.0371. The van der Waals surface area contributed by atoms with Gasteiger partial charge in [-0.25, -0.2) is 0 Å². The fraction of sp³-hybridized carbons (Fsp3) is 0.286. The molecular formula is C21H22Cl2N4OS. The van der Waals surface area contributed by atoms with Gasteiger partial charge < -0.3 is 5.32 Å². The first-order valence-corrected chi connectivity index (χ1v) is 11.0. The van der Waals surface area contributed by atoms with E-state index < -0.39 is 0 Å². The van der Waals surface area contributed by atoms with Crippen molar-refractivity contribution in [2.75, 3.05) is 5.75 Å². The van der Waals surface area contributed by atoms with E-state index in [1.165, 1.54) is 11.8 Å². The summed E-state index contributed by atoms with van der Waals surface area (Å²) in [5, 5.41) is 13.2. The van der Waals surface area contributed by atoms with Crippen LogP contribution in [0.5, 0.6) is 0 Å². The largest absolute Gasteiger partial charge is 0.353 e. The third kappa shape index (κ3) is 5.32. The first-order valence-electron chi connectivity index (χ1n) is 9.29. The second-order valence-electron chi connectivity index (χ2n) is 6.77. The predicted molar refractivity (Wildman–Crippen MR) is 120 cm³/mol. The van der Waals surface area contributed by atoms with Crippen LogP contribution in [-0.2, 0) is 4.79 Å². The Balaban J connectivity index is 1.97. The van der Waals surface area contributed by atoms with Crippen molar-refractivity contribution >= 4 is 40.9 Å². The standard InChI is InChI=1S/C21H22Cl2N4OS/c1-4-14(3)24-19(28)12-29-21-26-25-20(15-7-5-13(2)6-8-15)27(21)16-9-10-17(22)18(23)11-16/h5-11,14H,4,12H2,1-3H3,(H,24,28). The molecule has 8 heteroatoms. The van der Waals surface area contributed by atoms with Gasteiger partial charge in [-0.2, -0.15) is 0 Å². The summed E-state index contributed by atoms with van der Waals surface area (Å²) in [6.07, 6.45) is 0.882. The molecule has 0 aliphatic carbocycles. The Labute approximate surface area is 184 Å². The van der Waals surface area contributed by atoms with Crippen molar-refractivity contribution in [2.45, 2.75) is 38.4 Å². The Hall–Kier alpha value is -2.02. The van der Waals surface area contributed by atoms with E-state index in [4.69, 9.17) is 23.2 Å². The average molecular weight is 449 g/mol. The fourth-order valence-corrected chi connectivity index (χ4v) is 3.71. The van der Waals surface area contributed by atoms with E-state index in [0.717, 1.165) is 23.2 Å². The summed E-state index contributed by atoms with van der Waals surface area (Å²) in [5.74, 6) is 0.885. The number of nitrogens with one attached hydrogen (secondary N) is 1. The van der Waals surface area contributed by atoms with Crippen LogP contribution in [0.25, 0.3) is 17.1 Å². The van der Waals surface area contributed by atoms with E-state index in [-0.39, 0.29) is 17.7 Å². The van der Waals surface area contributed by atoms with Gasteiger partial charge in [0.05, 0.1) is 21.5 Å². The highest BCUT2D eigenvalue weighted by molar-refractivity contribution is 7.99. The van der Waals surface area contributed by atoms with Crippen LogP contribution < -0.4 is 5.32 Å². The molecule has 1 amide bonds. The summed E-state index contributed by atoms with van der Waals surface area (Å²) in [4.78, 5) is 12.2. The molecule has 0 aliphatic heterocycles. The molecule has 152 valence electrons. The number of hydrogen-bond acceptors (Lipinski definition) is 4. The van der Waals surface area contributed by atoms with Crippen LogP contribution in [0.1, 0.15) is 25.8 Å². The Kier molecular flexibility index (Phi) is 7.22. The van der Waals surface area contributed by atoms with Crippen LogP contribution in [0.3, 0.4) is 0 Å². The zero-order valence-corrected chi connectivity index (χ0v) is 18.8. The van der Waals surface area contributed by atoms with Crippen molar-refractivity contribution in [2.24, 2.45) is 0 Å². The number of carbonyl (C=O) groups is 1. The Bertz CT molecular complexity index is 1000. The van der Waals surface area contributed by atoms with E-state index in [0.29, 0.717) is 21.0 Å². The number of aryl methyl sites for hydroxylation is 1.